The van der Waals surface area contributed by atoms with E-state index in [1.165, 1.54) is 10.8 Å². The number of nitrogens with zero attached hydrogens (tertiary/aromatic N) is 2. The van der Waals surface area contributed by atoms with Crippen LogP contribution in [0.25, 0.3) is 10.2 Å². The van der Waals surface area contributed by atoms with Crippen LogP contribution in [0, 0.1) is 5.82 Å². The minimum atomic E-state index is -0.657. The van der Waals surface area contributed by atoms with Gasteiger partial charge in [0.1, 0.15) is 0 Å². The number of ether oxygens (including phenoxy) is 1. The molecule has 28 heavy (non-hydrogen) atoms. The number of benzene rings is 2. The fourth-order valence-electron chi connectivity index (χ4n) is 3.62. The maximum absolute atomic E-state index is 13.9. The van der Waals surface area contributed by atoms with Gasteiger partial charge in [-0.05, 0) is 43.5 Å². The van der Waals surface area contributed by atoms with Crippen molar-refractivity contribution >= 4 is 27.5 Å². The lowest BCUT2D eigenvalue weighted by atomic mass is 9.97. The Balaban J connectivity index is 1.39. The monoisotopic (exact) mass is 398 g/mol. The first kappa shape index (κ1) is 18.9. The first-order valence-corrected chi connectivity index (χ1v) is 10.5. The van der Waals surface area contributed by atoms with Crippen molar-refractivity contribution in [3.05, 3.63) is 59.4 Å². The smallest absolute Gasteiger partial charge is 0.263 e. The normalized spacial score (nSPS) is 16.3. The van der Waals surface area contributed by atoms with E-state index >= 15 is 0 Å². The fraction of sp³-hybridized carbons (Fsp3) is 0.364. The molecule has 1 saturated heterocycles. The van der Waals surface area contributed by atoms with Crippen molar-refractivity contribution in [1.29, 1.82) is 0 Å². The van der Waals surface area contributed by atoms with E-state index in [0.29, 0.717) is 25.4 Å². The Morgan fingerprint density at radius 1 is 1.21 bits per heavy atom. The summed E-state index contributed by atoms with van der Waals surface area (Å²) in [6.45, 7) is 3.24. The fourth-order valence-corrected chi connectivity index (χ4v) is 4.75. The predicted octanol–water partition coefficient (Wildman–Crippen LogP) is 5.00. The Morgan fingerprint density at radius 3 is 2.64 bits per heavy atom. The van der Waals surface area contributed by atoms with Gasteiger partial charge in [-0.25, -0.2) is 9.37 Å². The third-order valence-electron chi connectivity index (χ3n) is 5.22. The summed E-state index contributed by atoms with van der Waals surface area (Å²) in [5, 5.41) is 1.16. The van der Waals surface area contributed by atoms with Gasteiger partial charge in [-0.1, -0.05) is 31.2 Å². The zero-order valence-corrected chi connectivity index (χ0v) is 16.6. The van der Waals surface area contributed by atoms with Gasteiger partial charge in [0, 0.05) is 19.0 Å². The zero-order valence-electron chi connectivity index (χ0n) is 15.8. The predicted molar refractivity (Wildman–Crippen MR) is 109 cm³/mol. The molecule has 2 heterocycles. The average Bonchev–Trinajstić information content (AvgIpc) is 3.17. The average molecular weight is 399 g/mol. The maximum atomic E-state index is 13.9. The van der Waals surface area contributed by atoms with Crippen LogP contribution in [0.5, 0.6) is 5.75 Å². The minimum absolute atomic E-state index is 0.0616. The van der Waals surface area contributed by atoms with Crippen molar-refractivity contribution in [2.75, 3.05) is 13.1 Å². The molecule has 1 aliphatic heterocycles. The zero-order chi connectivity index (χ0) is 19.5. The van der Waals surface area contributed by atoms with Crippen LogP contribution in [0.1, 0.15) is 37.1 Å². The molecule has 0 saturated carbocycles. The van der Waals surface area contributed by atoms with Crippen molar-refractivity contribution in [3.63, 3.8) is 0 Å². The van der Waals surface area contributed by atoms with Crippen LogP contribution < -0.4 is 4.74 Å². The van der Waals surface area contributed by atoms with Gasteiger partial charge in [-0.2, -0.15) is 0 Å². The first-order chi connectivity index (χ1) is 13.7. The molecule has 0 N–H and O–H groups in total. The van der Waals surface area contributed by atoms with Gasteiger partial charge < -0.3 is 9.64 Å². The molecule has 1 atom stereocenters. The number of carbonyl (C=O) groups excluding carboxylic acids is 1. The quantitative estimate of drug-likeness (QED) is 0.607. The number of rotatable bonds is 5. The highest BCUT2D eigenvalue weighted by atomic mass is 32.1. The molecule has 0 bridgehead atoms. The third kappa shape index (κ3) is 3.87. The van der Waals surface area contributed by atoms with Crippen LogP contribution in [-0.2, 0) is 4.79 Å². The molecule has 0 unspecified atom stereocenters. The number of hydrogen-bond acceptors (Lipinski definition) is 4. The number of halogens is 1. The van der Waals surface area contributed by atoms with Crippen LogP contribution in [0.3, 0.4) is 0 Å². The lowest BCUT2D eigenvalue weighted by molar-refractivity contribution is -0.140. The van der Waals surface area contributed by atoms with E-state index in [1.54, 1.807) is 29.5 Å². The molecule has 4 rings (SSSR count). The highest BCUT2D eigenvalue weighted by Gasteiger charge is 2.30. The number of aromatic nitrogens is 1. The molecule has 1 aromatic heterocycles. The molecular weight excluding hydrogens is 375 g/mol. The lowest BCUT2D eigenvalue weighted by Crippen LogP contribution is -2.45. The van der Waals surface area contributed by atoms with Gasteiger partial charge in [0.2, 0.25) is 0 Å². The van der Waals surface area contributed by atoms with Crippen LogP contribution in [-0.4, -0.2) is 35.0 Å². The lowest BCUT2D eigenvalue weighted by Gasteiger charge is -2.33. The summed E-state index contributed by atoms with van der Waals surface area (Å²) in [4.78, 5) is 19.5. The molecule has 3 aromatic rings. The number of para-hydroxylation sites is 2. The minimum Gasteiger partial charge on any atom is -0.478 e. The number of thiazole rings is 1. The molecule has 0 radical (unpaired) electrons. The van der Waals surface area contributed by atoms with E-state index in [4.69, 9.17) is 9.72 Å². The van der Waals surface area contributed by atoms with Gasteiger partial charge >= 0.3 is 0 Å². The van der Waals surface area contributed by atoms with Gasteiger partial charge in [0.15, 0.2) is 17.7 Å². The van der Waals surface area contributed by atoms with E-state index in [9.17, 15) is 9.18 Å². The second-order valence-corrected chi connectivity index (χ2v) is 8.13. The SMILES string of the molecule is CC[C@H](Oc1ccccc1F)C(=O)N1CCC(c2nc3ccccc3s2)CC1. The summed E-state index contributed by atoms with van der Waals surface area (Å²) in [6, 6.07) is 14.4. The van der Waals surface area contributed by atoms with E-state index in [-0.39, 0.29) is 11.7 Å². The summed E-state index contributed by atoms with van der Waals surface area (Å²) in [5.41, 5.74) is 1.05. The van der Waals surface area contributed by atoms with Crippen molar-refractivity contribution in [2.24, 2.45) is 0 Å². The van der Waals surface area contributed by atoms with E-state index < -0.39 is 11.9 Å². The summed E-state index contributed by atoms with van der Waals surface area (Å²) in [5.74, 6) is 0.0119. The van der Waals surface area contributed by atoms with E-state index in [1.807, 2.05) is 30.0 Å². The highest BCUT2D eigenvalue weighted by Crippen LogP contribution is 2.34. The Morgan fingerprint density at radius 2 is 1.93 bits per heavy atom. The second kappa shape index (κ2) is 8.27. The largest absolute Gasteiger partial charge is 0.478 e. The van der Waals surface area contributed by atoms with Gasteiger partial charge in [-0.15, -0.1) is 11.3 Å². The molecule has 1 amide bonds. The van der Waals surface area contributed by atoms with Gasteiger partial charge in [0.05, 0.1) is 15.2 Å². The summed E-state index contributed by atoms with van der Waals surface area (Å²) in [7, 11) is 0. The van der Waals surface area contributed by atoms with Crippen molar-refractivity contribution in [2.45, 2.75) is 38.2 Å². The second-order valence-electron chi connectivity index (χ2n) is 7.06. The topological polar surface area (TPSA) is 42.4 Å². The molecule has 4 nitrogen and oxygen atoms in total. The molecule has 2 aromatic carbocycles. The number of carbonyl (C=O) groups is 1. The molecule has 146 valence electrons. The van der Waals surface area contributed by atoms with Gasteiger partial charge in [0.25, 0.3) is 5.91 Å². The number of likely N-dealkylation sites (tertiary alicyclic amines) is 1. The molecule has 1 fully saturated rings. The van der Waals surface area contributed by atoms with Crippen LogP contribution in [0.4, 0.5) is 4.39 Å². The molecule has 6 heteroatoms. The summed E-state index contributed by atoms with van der Waals surface area (Å²) < 4.78 is 20.8. The number of piperidine rings is 1. The van der Waals surface area contributed by atoms with E-state index in [2.05, 4.69) is 6.07 Å². The van der Waals surface area contributed by atoms with Crippen molar-refractivity contribution in [3.8, 4) is 5.75 Å². The molecule has 0 spiro atoms. The Labute approximate surface area is 168 Å². The standard InChI is InChI=1S/C22H23FN2O2S/c1-2-18(27-19-9-5-3-7-16(19)23)22(26)25-13-11-15(12-14-25)21-24-17-8-4-6-10-20(17)28-21/h3-10,15,18H,2,11-14H2,1H3/t18-/m0/s1. The Kier molecular flexibility index (Phi) is 5.57. The van der Waals surface area contributed by atoms with Crippen molar-refractivity contribution in [1.82, 2.24) is 9.88 Å². The number of fused-ring (bicyclic) bond motifs is 1. The van der Waals surface area contributed by atoms with Crippen LogP contribution in [0.2, 0.25) is 0 Å². The Hall–Kier alpha value is -2.47. The maximum Gasteiger partial charge on any atom is 0.263 e. The third-order valence-corrected chi connectivity index (χ3v) is 6.42. The summed E-state index contributed by atoms with van der Waals surface area (Å²) >= 11 is 1.75. The van der Waals surface area contributed by atoms with Crippen LogP contribution in [0.15, 0.2) is 48.5 Å². The molecule has 0 aliphatic carbocycles. The molecular formula is C22H23FN2O2S. The van der Waals surface area contributed by atoms with Crippen LogP contribution >= 0.6 is 11.3 Å². The summed E-state index contributed by atoms with van der Waals surface area (Å²) in [6.07, 6.45) is 1.63. The van der Waals surface area contributed by atoms with Gasteiger partial charge in [-0.3, -0.25) is 4.79 Å². The van der Waals surface area contributed by atoms with Crippen molar-refractivity contribution < 1.29 is 13.9 Å². The van der Waals surface area contributed by atoms with E-state index in [0.717, 1.165) is 23.4 Å². The number of hydrogen-bond donors (Lipinski definition) is 0. The number of amides is 1. The highest BCUT2D eigenvalue weighted by molar-refractivity contribution is 7.18. The molecule has 1 aliphatic rings. The first-order valence-electron chi connectivity index (χ1n) is 9.71. The Bertz CT molecular complexity index is 933.